The van der Waals surface area contributed by atoms with Crippen LogP contribution in [0.2, 0.25) is 0 Å². The monoisotopic (exact) mass is 489 g/mol. The maximum atomic E-state index is 13.7. The first-order chi connectivity index (χ1) is 17.3. The highest BCUT2D eigenvalue weighted by atomic mass is 16.4. The third kappa shape index (κ3) is 4.41. The Morgan fingerprint density at radius 2 is 1.67 bits per heavy atom. The van der Waals surface area contributed by atoms with Crippen LogP contribution in [0, 0.1) is 16.7 Å². The molecule has 0 aromatic heterocycles. The van der Waals surface area contributed by atoms with E-state index < -0.39 is 12.0 Å². The van der Waals surface area contributed by atoms with Crippen LogP contribution in [0.15, 0.2) is 48.5 Å². The summed E-state index contributed by atoms with van der Waals surface area (Å²) >= 11 is 0. The molecule has 2 amide bonds. The van der Waals surface area contributed by atoms with Gasteiger partial charge in [0.2, 0.25) is 5.91 Å². The number of guanidine groups is 1. The van der Waals surface area contributed by atoms with Crippen molar-refractivity contribution in [2.45, 2.75) is 38.1 Å². The molecule has 1 saturated heterocycles. The van der Waals surface area contributed by atoms with Gasteiger partial charge in [-0.25, -0.2) is 4.79 Å². The first kappa shape index (κ1) is 23.8. The summed E-state index contributed by atoms with van der Waals surface area (Å²) in [5.41, 5.74) is 8.28. The summed E-state index contributed by atoms with van der Waals surface area (Å²) in [5.74, 6) is -1.32. The number of carbonyl (C=O) groups excluding carboxylic acids is 2. The summed E-state index contributed by atoms with van der Waals surface area (Å²) in [6.45, 7) is 1.98. The zero-order chi connectivity index (χ0) is 25.4. The Kier molecular flexibility index (Phi) is 6.15. The minimum Gasteiger partial charge on any atom is -0.478 e. The molecule has 9 nitrogen and oxygen atoms in total. The van der Waals surface area contributed by atoms with Crippen molar-refractivity contribution in [3.8, 4) is 0 Å². The third-order valence-corrected chi connectivity index (χ3v) is 8.09. The summed E-state index contributed by atoms with van der Waals surface area (Å²) in [6, 6.07) is 13.0. The fourth-order valence-electron chi connectivity index (χ4n) is 6.02. The maximum Gasteiger partial charge on any atom is 0.335 e. The van der Waals surface area contributed by atoms with Gasteiger partial charge in [-0.3, -0.25) is 15.0 Å². The van der Waals surface area contributed by atoms with Crippen molar-refractivity contribution in [3.63, 3.8) is 0 Å². The zero-order valence-corrected chi connectivity index (χ0v) is 20.1. The predicted octanol–water partition coefficient (Wildman–Crippen LogP) is 2.83. The minimum atomic E-state index is -1.03. The average molecular weight is 490 g/mol. The van der Waals surface area contributed by atoms with Crippen LogP contribution in [0.25, 0.3) is 0 Å². The number of hydrogen-bond donors (Lipinski definition) is 4. The summed E-state index contributed by atoms with van der Waals surface area (Å²) in [5, 5.41) is 19.7. The molecule has 2 heterocycles. The third-order valence-electron chi connectivity index (χ3n) is 8.09. The Hall–Kier alpha value is -3.88. The number of amides is 2. The number of carboxylic acid groups (broad SMARTS) is 1. The Bertz CT molecular complexity index is 1190. The molecule has 1 spiro atoms. The topological polar surface area (TPSA) is 140 Å². The smallest absolute Gasteiger partial charge is 0.335 e. The van der Waals surface area contributed by atoms with Crippen molar-refractivity contribution in [2.75, 3.05) is 25.0 Å². The molecule has 9 heteroatoms. The Balaban J connectivity index is 1.32. The van der Waals surface area contributed by atoms with E-state index in [2.05, 4.69) is 5.32 Å². The Morgan fingerprint density at radius 1 is 1.00 bits per heavy atom. The molecule has 1 aliphatic carbocycles. The fourth-order valence-corrected chi connectivity index (χ4v) is 6.02. The SMILES string of the molecule is N=C(N)N1CCC2(CC1)CC(C(=O)N1CCc3ccccc3[C@@H]1C(=O)Nc1ccc(C(=O)O)cc1)C2. The van der Waals surface area contributed by atoms with Crippen molar-refractivity contribution < 1.29 is 19.5 Å². The molecule has 2 aliphatic heterocycles. The molecule has 2 aromatic carbocycles. The van der Waals surface area contributed by atoms with Gasteiger partial charge in [0.15, 0.2) is 5.96 Å². The molecule has 2 aromatic rings. The molecular weight excluding hydrogens is 458 g/mol. The standard InChI is InChI=1S/C27H31N5O4/c28-26(29)31-13-10-27(11-14-31)15-19(16-27)24(34)32-12-9-17-3-1-2-4-21(17)22(32)23(33)30-20-7-5-18(6-8-20)25(35)36/h1-8,19,22H,9-16H2,(H3,28,29)(H,30,33)(H,35,36)/t22-/m1/s1. The lowest BCUT2D eigenvalue weighted by atomic mass is 9.57. The van der Waals surface area contributed by atoms with Gasteiger partial charge in [0, 0.05) is 31.2 Å². The number of carbonyl (C=O) groups is 3. The van der Waals surface area contributed by atoms with Gasteiger partial charge in [0.25, 0.3) is 5.91 Å². The first-order valence-electron chi connectivity index (χ1n) is 12.4. The molecule has 188 valence electrons. The first-order valence-corrected chi connectivity index (χ1v) is 12.4. The number of hydrogen-bond acceptors (Lipinski definition) is 4. The second-order valence-corrected chi connectivity index (χ2v) is 10.2. The van der Waals surface area contributed by atoms with Crippen LogP contribution in [0.3, 0.4) is 0 Å². The number of carboxylic acids is 1. The molecule has 3 aliphatic rings. The summed E-state index contributed by atoms with van der Waals surface area (Å²) in [4.78, 5) is 42.0. The summed E-state index contributed by atoms with van der Waals surface area (Å²) < 4.78 is 0. The van der Waals surface area contributed by atoms with Crippen LogP contribution in [-0.2, 0) is 16.0 Å². The van der Waals surface area contributed by atoms with E-state index in [-0.39, 0.29) is 34.7 Å². The molecular formula is C27H31N5O4. The largest absolute Gasteiger partial charge is 0.478 e. The molecule has 5 N–H and O–H groups in total. The number of likely N-dealkylation sites (tertiary alicyclic amines) is 1. The lowest BCUT2D eigenvalue weighted by Crippen LogP contribution is -2.55. The van der Waals surface area contributed by atoms with E-state index in [1.165, 1.54) is 12.1 Å². The number of anilines is 1. The van der Waals surface area contributed by atoms with Crippen LogP contribution in [0.4, 0.5) is 5.69 Å². The lowest BCUT2D eigenvalue weighted by Gasteiger charge is -2.53. The second kappa shape index (κ2) is 9.29. The maximum absolute atomic E-state index is 13.7. The van der Waals surface area contributed by atoms with Crippen molar-refractivity contribution in [1.82, 2.24) is 9.80 Å². The van der Waals surface area contributed by atoms with Crippen molar-refractivity contribution in [2.24, 2.45) is 17.1 Å². The van der Waals surface area contributed by atoms with E-state index >= 15 is 0 Å². The summed E-state index contributed by atoms with van der Waals surface area (Å²) in [7, 11) is 0. The highest BCUT2D eigenvalue weighted by molar-refractivity contribution is 5.99. The van der Waals surface area contributed by atoms with Gasteiger partial charge in [0.1, 0.15) is 6.04 Å². The quantitative estimate of drug-likeness (QED) is 0.385. The minimum absolute atomic E-state index is 0.0190. The van der Waals surface area contributed by atoms with Gasteiger partial charge in [-0.1, -0.05) is 24.3 Å². The van der Waals surface area contributed by atoms with Crippen LogP contribution in [0.1, 0.15) is 53.2 Å². The number of fused-ring (bicyclic) bond motifs is 1. The van der Waals surface area contributed by atoms with E-state index in [1.807, 2.05) is 29.2 Å². The highest BCUT2D eigenvalue weighted by Crippen LogP contribution is 2.53. The van der Waals surface area contributed by atoms with Crippen LogP contribution < -0.4 is 11.1 Å². The number of nitrogens with two attached hydrogens (primary N) is 1. The van der Waals surface area contributed by atoms with Crippen molar-refractivity contribution in [3.05, 3.63) is 65.2 Å². The Labute approximate surface area is 209 Å². The predicted molar refractivity (Wildman–Crippen MR) is 135 cm³/mol. The van der Waals surface area contributed by atoms with Crippen LogP contribution in [0.5, 0.6) is 0 Å². The van der Waals surface area contributed by atoms with Crippen LogP contribution >= 0.6 is 0 Å². The van der Waals surface area contributed by atoms with Gasteiger partial charge in [-0.2, -0.15) is 0 Å². The van der Waals surface area contributed by atoms with Gasteiger partial charge >= 0.3 is 5.97 Å². The lowest BCUT2D eigenvalue weighted by molar-refractivity contribution is -0.151. The fraction of sp³-hybridized carbons (Fsp3) is 0.407. The molecule has 0 unspecified atom stereocenters. The van der Waals surface area contributed by atoms with E-state index in [9.17, 15) is 14.4 Å². The number of benzene rings is 2. The van der Waals surface area contributed by atoms with E-state index in [0.29, 0.717) is 18.7 Å². The molecule has 1 saturated carbocycles. The molecule has 36 heavy (non-hydrogen) atoms. The second-order valence-electron chi connectivity index (χ2n) is 10.2. The molecule has 0 radical (unpaired) electrons. The van der Waals surface area contributed by atoms with Gasteiger partial charge < -0.3 is 26.0 Å². The number of aromatic carboxylic acids is 1. The summed E-state index contributed by atoms with van der Waals surface area (Å²) in [6.07, 6.45) is 4.16. The van der Waals surface area contributed by atoms with Crippen molar-refractivity contribution in [1.29, 1.82) is 5.41 Å². The van der Waals surface area contributed by atoms with Gasteiger partial charge in [0.05, 0.1) is 5.56 Å². The zero-order valence-electron chi connectivity index (χ0n) is 20.1. The van der Waals surface area contributed by atoms with Gasteiger partial charge in [-0.15, -0.1) is 0 Å². The van der Waals surface area contributed by atoms with E-state index in [0.717, 1.165) is 49.9 Å². The van der Waals surface area contributed by atoms with E-state index in [4.69, 9.17) is 16.2 Å². The van der Waals surface area contributed by atoms with Gasteiger partial charge in [-0.05, 0) is 72.9 Å². The number of piperidine rings is 1. The number of nitrogens with one attached hydrogen (secondary N) is 2. The normalized spacial score (nSPS) is 20.8. The Morgan fingerprint density at radius 3 is 2.31 bits per heavy atom. The number of nitrogens with zero attached hydrogens (tertiary/aromatic N) is 2. The van der Waals surface area contributed by atoms with Crippen molar-refractivity contribution >= 4 is 29.4 Å². The molecule has 5 rings (SSSR count). The van der Waals surface area contributed by atoms with Crippen LogP contribution in [-0.4, -0.2) is 58.3 Å². The molecule has 2 fully saturated rings. The highest BCUT2D eigenvalue weighted by Gasteiger charge is 2.51. The van der Waals surface area contributed by atoms with E-state index in [1.54, 1.807) is 17.0 Å². The molecule has 0 bridgehead atoms. The average Bonchev–Trinajstić information content (AvgIpc) is 2.86. The number of rotatable bonds is 4. The molecule has 1 atom stereocenters.